The molecule has 1 saturated carbocycles. The monoisotopic (exact) mass is 703 g/mol. The number of phenols is 1. The number of nitrogens with zero attached hydrogens (tertiary/aromatic N) is 7. The van der Waals surface area contributed by atoms with E-state index in [2.05, 4.69) is 53.5 Å². The lowest BCUT2D eigenvalue weighted by atomic mass is 9.70. The average Bonchev–Trinajstić information content (AvgIpc) is 3.81. The van der Waals surface area contributed by atoms with Gasteiger partial charge >= 0.3 is 0 Å². The van der Waals surface area contributed by atoms with Crippen LogP contribution in [0.3, 0.4) is 0 Å². The Morgan fingerprint density at radius 3 is 2.58 bits per heavy atom. The summed E-state index contributed by atoms with van der Waals surface area (Å²) in [5.74, 6) is 1.20. The quantitative estimate of drug-likeness (QED) is 0.209. The zero-order valence-corrected chi connectivity index (χ0v) is 29.1. The van der Waals surface area contributed by atoms with E-state index in [0.717, 1.165) is 38.2 Å². The summed E-state index contributed by atoms with van der Waals surface area (Å²) < 4.78 is 1.69. The molecule has 270 valence electrons. The maximum atomic E-state index is 12.7. The van der Waals surface area contributed by atoms with Crippen LogP contribution in [0.25, 0.3) is 16.9 Å². The van der Waals surface area contributed by atoms with E-state index >= 15 is 0 Å². The van der Waals surface area contributed by atoms with Crippen molar-refractivity contribution in [3.05, 3.63) is 72.1 Å². The summed E-state index contributed by atoms with van der Waals surface area (Å²) in [5, 5.41) is 36.4. The Morgan fingerprint density at radius 2 is 1.77 bits per heavy atom. The van der Waals surface area contributed by atoms with E-state index < -0.39 is 0 Å². The van der Waals surface area contributed by atoms with Crippen molar-refractivity contribution in [1.29, 1.82) is 0 Å². The summed E-state index contributed by atoms with van der Waals surface area (Å²) in [4.78, 5) is 31.6. The van der Waals surface area contributed by atoms with Gasteiger partial charge in [0.15, 0.2) is 5.82 Å². The van der Waals surface area contributed by atoms with E-state index in [1.54, 1.807) is 28.9 Å². The highest BCUT2D eigenvalue weighted by molar-refractivity contribution is 6.02. The highest BCUT2D eigenvalue weighted by Crippen LogP contribution is 2.47. The second kappa shape index (κ2) is 13.2. The van der Waals surface area contributed by atoms with Crippen molar-refractivity contribution >= 4 is 29.0 Å². The van der Waals surface area contributed by atoms with Gasteiger partial charge in [-0.15, -0.1) is 10.2 Å². The summed E-state index contributed by atoms with van der Waals surface area (Å²) in [7, 11) is 0. The van der Waals surface area contributed by atoms with Crippen molar-refractivity contribution in [2.75, 3.05) is 41.8 Å². The molecule has 4 aliphatic heterocycles. The molecule has 1 unspecified atom stereocenters. The topological polar surface area (TPSA) is 166 Å². The number of rotatable bonds is 7. The van der Waals surface area contributed by atoms with Crippen LogP contribution in [0.1, 0.15) is 62.0 Å². The number of anilines is 3. The Labute approximate surface area is 302 Å². The Hall–Kier alpha value is -5.01. The summed E-state index contributed by atoms with van der Waals surface area (Å²) >= 11 is 0. The van der Waals surface area contributed by atoms with Crippen LogP contribution in [-0.4, -0.2) is 97.3 Å². The van der Waals surface area contributed by atoms with Gasteiger partial charge in [-0.1, -0.05) is 24.3 Å². The van der Waals surface area contributed by atoms with Crippen LogP contribution in [0, 0.1) is 5.92 Å². The molecule has 0 radical (unpaired) electrons. The second-order valence-electron chi connectivity index (χ2n) is 15.2. The Morgan fingerprint density at radius 1 is 0.923 bits per heavy atom. The average molecular weight is 704 g/mol. The number of fused-ring (bicyclic) bond motifs is 2. The predicted molar refractivity (Wildman–Crippen MR) is 196 cm³/mol. The van der Waals surface area contributed by atoms with Crippen LogP contribution in [0.5, 0.6) is 5.75 Å². The van der Waals surface area contributed by atoms with E-state index in [1.165, 1.54) is 42.5 Å². The number of aromatic nitrogens is 4. The number of aliphatic hydroxyl groups is 1. The molecule has 2 amide bonds. The Kier molecular flexibility index (Phi) is 8.34. The fourth-order valence-corrected chi connectivity index (χ4v) is 9.78. The van der Waals surface area contributed by atoms with Crippen LogP contribution in [0.15, 0.2) is 60.9 Å². The van der Waals surface area contributed by atoms with Gasteiger partial charge in [0.05, 0.1) is 36.4 Å². The van der Waals surface area contributed by atoms with E-state index in [9.17, 15) is 19.8 Å². The normalized spacial score (nSPS) is 27.6. The molecule has 6 heterocycles. The molecule has 1 aliphatic carbocycles. The molecule has 9 rings (SSSR count). The lowest BCUT2D eigenvalue weighted by Crippen LogP contribution is -2.70. The molecule has 0 spiro atoms. The maximum Gasteiger partial charge on any atom is 0.249 e. The fourth-order valence-electron chi connectivity index (χ4n) is 9.78. The highest BCUT2D eigenvalue weighted by atomic mass is 16.3. The third kappa shape index (κ3) is 5.66. The molecule has 13 nitrogen and oxygen atoms in total. The molecule has 4 atom stereocenters. The number of nitrogens with two attached hydrogens (primary N) is 1. The largest absolute Gasteiger partial charge is 0.507 e. The van der Waals surface area contributed by atoms with Crippen LogP contribution in [-0.2, 0) is 16.0 Å². The van der Waals surface area contributed by atoms with Crippen LogP contribution in [0.4, 0.5) is 17.2 Å². The van der Waals surface area contributed by atoms with Gasteiger partial charge in [0, 0.05) is 49.4 Å². The minimum absolute atomic E-state index is 0.0444. The lowest BCUT2D eigenvalue weighted by Gasteiger charge is -2.59. The van der Waals surface area contributed by atoms with Gasteiger partial charge in [0.25, 0.3) is 0 Å². The number of amides is 2. The number of aromatic hydroxyl groups is 1. The number of imide groups is 1. The SMILES string of the molecule is Nc1nnc(-c2ccccc2O)cc1-n1cc(N2C[C@@H]3C[C@H]([C@H]4CC[C@@H](c5cccc6c5CCN6[C@H]5CCC(=O)NC5=O)CC4)N3CC2CO)cn1. The van der Waals surface area contributed by atoms with Crippen LogP contribution in [0.2, 0.25) is 0 Å². The number of piperidine rings is 1. The second-order valence-corrected chi connectivity index (χ2v) is 15.2. The van der Waals surface area contributed by atoms with Gasteiger partial charge in [-0.2, -0.15) is 5.10 Å². The first-order valence-corrected chi connectivity index (χ1v) is 18.7. The van der Waals surface area contributed by atoms with Crippen molar-refractivity contribution in [3.63, 3.8) is 0 Å². The summed E-state index contributed by atoms with van der Waals surface area (Å²) in [5.41, 5.74) is 12.8. The minimum Gasteiger partial charge on any atom is -0.507 e. The summed E-state index contributed by atoms with van der Waals surface area (Å²) in [6.45, 7) is 2.52. The molecule has 4 fully saturated rings. The zero-order chi connectivity index (χ0) is 35.5. The van der Waals surface area contributed by atoms with Gasteiger partial charge in [-0.05, 0) is 92.2 Å². The third-order valence-electron chi connectivity index (χ3n) is 12.5. The smallest absolute Gasteiger partial charge is 0.249 e. The first-order valence-electron chi connectivity index (χ1n) is 18.7. The number of nitrogen functional groups attached to an aromatic ring is 1. The number of carbonyl (C=O) groups excluding carboxylic acids is 2. The molecule has 13 heteroatoms. The first kappa shape index (κ1) is 32.9. The van der Waals surface area contributed by atoms with E-state index in [4.69, 9.17) is 5.73 Å². The molecular weight excluding hydrogens is 658 g/mol. The number of phenolic OH excluding ortho intramolecular Hbond substituents is 1. The maximum absolute atomic E-state index is 12.7. The summed E-state index contributed by atoms with van der Waals surface area (Å²) in [6, 6.07) is 16.0. The predicted octanol–water partition coefficient (Wildman–Crippen LogP) is 3.38. The molecule has 52 heavy (non-hydrogen) atoms. The molecule has 4 aromatic rings. The van der Waals surface area contributed by atoms with Gasteiger partial charge in [-0.25, -0.2) is 4.68 Å². The molecule has 5 N–H and O–H groups in total. The van der Waals surface area contributed by atoms with Crippen molar-refractivity contribution in [2.24, 2.45) is 5.92 Å². The molecule has 2 aromatic carbocycles. The van der Waals surface area contributed by atoms with Crippen molar-refractivity contribution in [3.8, 4) is 22.7 Å². The number of aliphatic hydroxyl groups excluding tert-OH is 1. The third-order valence-corrected chi connectivity index (χ3v) is 12.5. The first-order chi connectivity index (χ1) is 25.4. The van der Waals surface area contributed by atoms with Gasteiger partial charge < -0.3 is 25.7 Å². The fraction of sp³-hybridized carbons (Fsp3) is 0.462. The highest BCUT2D eigenvalue weighted by Gasteiger charge is 2.48. The van der Waals surface area contributed by atoms with Crippen molar-refractivity contribution in [2.45, 2.75) is 81.5 Å². The molecule has 0 bridgehead atoms. The minimum atomic E-state index is -0.266. The zero-order valence-electron chi connectivity index (χ0n) is 29.1. The van der Waals surface area contributed by atoms with Crippen molar-refractivity contribution in [1.82, 2.24) is 30.2 Å². The van der Waals surface area contributed by atoms with Gasteiger partial charge in [0.2, 0.25) is 11.8 Å². The van der Waals surface area contributed by atoms with E-state index in [1.807, 2.05) is 18.5 Å². The number of para-hydroxylation sites is 1. The molecule has 2 aromatic heterocycles. The summed E-state index contributed by atoms with van der Waals surface area (Å²) in [6.07, 6.45) is 11.6. The molecule has 5 aliphatic rings. The number of piperazine rings is 1. The van der Waals surface area contributed by atoms with Gasteiger partial charge in [-0.3, -0.25) is 19.8 Å². The van der Waals surface area contributed by atoms with Crippen molar-refractivity contribution < 1.29 is 19.8 Å². The number of hydrogen-bond acceptors (Lipinski definition) is 11. The van der Waals surface area contributed by atoms with Crippen LogP contribution < -0.4 is 20.9 Å². The molecular formula is C39H45N9O4. The molecule has 3 saturated heterocycles. The number of carbonyl (C=O) groups is 2. The van der Waals surface area contributed by atoms with Gasteiger partial charge in [0.1, 0.15) is 17.5 Å². The standard InChI is InChI=1S/C39H45N9O4/c40-38-35(17-31(43-44-38)30-4-1-2-7-36(30)50)48-21-26(18-41-48)46-19-25-16-34(47(25)20-27(46)22-49)24-10-8-23(9-11-24)28-5-3-6-32-29(28)14-15-45(32)33-12-13-37(51)42-39(33)52/h1-7,17-18,21,23-25,27,33-34,49-50H,8-16,19-20,22H2,(H2,40,44)(H,42,51,52)/t23-,24+,25-,27?,33-,34+/m0/s1. The van der Waals surface area contributed by atoms with Crippen LogP contribution >= 0.6 is 0 Å². The number of benzene rings is 2. The lowest BCUT2D eigenvalue weighted by molar-refractivity contribution is -0.134. The Balaban J connectivity index is 0.841. The Bertz CT molecular complexity index is 2010. The number of hydrogen-bond donors (Lipinski definition) is 4. The number of nitrogens with one attached hydrogen (secondary N) is 1. The van der Waals surface area contributed by atoms with E-state index in [0.29, 0.717) is 53.7 Å². The van der Waals surface area contributed by atoms with E-state index in [-0.39, 0.29) is 42.1 Å².